The van der Waals surface area contributed by atoms with Gasteiger partial charge in [-0.05, 0) is 68.4 Å². The zero-order valence-corrected chi connectivity index (χ0v) is 19.4. The molecule has 1 aliphatic rings. The van der Waals surface area contributed by atoms with Gasteiger partial charge >= 0.3 is 0 Å². The molecule has 0 amide bonds. The minimum atomic E-state index is -1.10. The molecular weight excluding hydrogens is 332 g/mol. The average molecular weight is 373 g/mol. The molecule has 0 aromatic carbocycles. The van der Waals surface area contributed by atoms with Gasteiger partial charge < -0.3 is 18.9 Å². The van der Waals surface area contributed by atoms with Crippen LogP contribution in [0.3, 0.4) is 0 Å². The van der Waals surface area contributed by atoms with E-state index in [9.17, 15) is 0 Å². The molecule has 0 saturated heterocycles. The van der Waals surface area contributed by atoms with E-state index in [0.29, 0.717) is 6.61 Å². The van der Waals surface area contributed by atoms with Crippen LogP contribution in [0.5, 0.6) is 0 Å². The molecule has 4 nitrogen and oxygen atoms in total. The first-order valence-electron chi connectivity index (χ1n) is 9.45. The maximum absolute atomic E-state index is 6.38. The third-order valence-corrected chi connectivity index (χ3v) is 5.00. The van der Waals surface area contributed by atoms with Crippen LogP contribution in [0.2, 0.25) is 13.1 Å². The molecule has 1 heterocycles. The van der Waals surface area contributed by atoms with E-state index in [4.69, 9.17) is 18.9 Å². The Morgan fingerprint density at radius 2 is 1.40 bits per heavy atom. The summed E-state index contributed by atoms with van der Waals surface area (Å²) < 4.78 is 25.1. The van der Waals surface area contributed by atoms with Crippen molar-refractivity contribution in [2.24, 2.45) is 0 Å². The van der Waals surface area contributed by atoms with Crippen LogP contribution in [-0.4, -0.2) is 50.5 Å². The fraction of sp³-hybridized carbons (Fsp3) is 0.900. The lowest BCUT2D eigenvalue weighted by molar-refractivity contribution is -0.205. The third kappa shape index (κ3) is 8.71. The lowest BCUT2D eigenvalue weighted by Crippen LogP contribution is -2.53. The molecule has 5 heteroatoms. The second-order valence-electron chi connectivity index (χ2n) is 10.2. The smallest absolute Gasteiger partial charge is 0.150 e. The molecule has 1 aliphatic heterocycles. The third-order valence-electron chi connectivity index (χ3n) is 3.54. The Bertz CT molecular complexity index is 452. The van der Waals surface area contributed by atoms with E-state index in [1.54, 1.807) is 0 Å². The molecule has 0 bridgehead atoms. The summed E-state index contributed by atoms with van der Waals surface area (Å²) in [6.07, 6.45) is 1.65. The van der Waals surface area contributed by atoms with Crippen molar-refractivity contribution in [2.75, 3.05) is 6.61 Å². The largest absolute Gasteiger partial charge is 0.495 e. The Balaban J connectivity index is 3.14. The maximum Gasteiger partial charge on any atom is 0.150 e. The molecule has 1 rings (SSSR count). The van der Waals surface area contributed by atoms with Crippen molar-refractivity contribution >= 4 is 8.80 Å². The van der Waals surface area contributed by atoms with Crippen molar-refractivity contribution in [2.45, 2.75) is 111 Å². The minimum Gasteiger partial charge on any atom is -0.495 e. The van der Waals surface area contributed by atoms with Crippen LogP contribution < -0.4 is 0 Å². The average Bonchev–Trinajstić information content (AvgIpc) is 2.34. The molecule has 0 fully saturated rings. The molecule has 0 radical (unpaired) electrons. The van der Waals surface area contributed by atoms with Crippen LogP contribution >= 0.6 is 0 Å². The summed E-state index contributed by atoms with van der Waals surface area (Å²) in [4.78, 5) is 0. The van der Waals surface area contributed by atoms with Crippen LogP contribution in [0.25, 0.3) is 0 Å². The predicted octanol–water partition coefficient (Wildman–Crippen LogP) is 4.48. The molecule has 0 aromatic rings. The Labute approximate surface area is 156 Å². The van der Waals surface area contributed by atoms with E-state index < -0.39 is 8.80 Å². The molecule has 0 aliphatic carbocycles. The second-order valence-corrected chi connectivity index (χ2v) is 13.1. The standard InChI is InChI=1S/C20H40O4Si/c1-18(2,3)21-13-15-17(24-20(7,8)9)14(23-19(4,5)6)12-16(22-15)25(10)11/h12,14-15,17,25H,13H2,1-11H3/t14-,15-,17+/m1/s1. The van der Waals surface area contributed by atoms with Gasteiger partial charge in [0.2, 0.25) is 0 Å². The summed E-state index contributed by atoms with van der Waals surface area (Å²) in [7, 11) is -1.10. The molecule has 3 atom stereocenters. The highest BCUT2D eigenvalue weighted by Crippen LogP contribution is 2.31. The number of ether oxygens (including phenoxy) is 4. The van der Waals surface area contributed by atoms with E-state index in [1.165, 1.54) is 0 Å². The monoisotopic (exact) mass is 372 g/mol. The summed E-state index contributed by atoms with van der Waals surface area (Å²) in [6, 6.07) is 0. The molecule has 25 heavy (non-hydrogen) atoms. The van der Waals surface area contributed by atoms with Crippen molar-refractivity contribution < 1.29 is 18.9 Å². The summed E-state index contributed by atoms with van der Waals surface area (Å²) >= 11 is 0. The molecule has 0 spiro atoms. The lowest BCUT2D eigenvalue weighted by atomic mass is 10.0. The van der Waals surface area contributed by atoms with Crippen LogP contribution in [0.4, 0.5) is 0 Å². The SMILES string of the molecule is C[SiH](C)C1=C[C@@H](OC(C)(C)C)[C@H](OC(C)(C)C)[C@@H](COC(C)(C)C)O1. The van der Waals surface area contributed by atoms with Crippen LogP contribution in [0.15, 0.2) is 11.5 Å². The molecule has 0 saturated carbocycles. The van der Waals surface area contributed by atoms with E-state index in [0.717, 1.165) is 5.38 Å². The number of hydrogen-bond donors (Lipinski definition) is 0. The van der Waals surface area contributed by atoms with Gasteiger partial charge in [0.05, 0.1) is 28.8 Å². The van der Waals surface area contributed by atoms with Crippen LogP contribution in [0.1, 0.15) is 62.3 Å². The van der Waals surface area contributed by atoms with E-state index in [1.807, 2.05) is 0 Å². The number of rotatable bonds is 5. The van der Waals surface area contributed by atoms with E-state index in [2.05, 4.69) is 81.5 Å². The molecule has 0 N–H and O–H groups in total. The van der Waals surface area contributed by atoms with Gasteiger partial charge in [-0.15, -0.1) is 0 Å². The van der Waals surface area contributed by atoms with Crippen molar-refractivity contribution in [1.29, 1.82) is 0 Å². The van der Waals surface area contributed by atoms with Gasteiger partial charge in [0.25, 0.3) is 0 Å². The fourth-order valence-corrected chi connectivity index (χ4v) is 3.62. The zero-order chi connectivity index (χ0) is 19.6. The van der Waals surface area contributed by atoms with Crippen molar-refractivity contribution in [3.05, 3.63) is 11.5 Å². The van der Waals surface area contributed by atoms with Gasteiger partial charge in [-0.25, -0.2) is 0 Å². The predicted molar refractivity (Wildman–Crippen MR) is 107 cm³/mol. The molecule has 0 unspecified atom stereocenters. The highest BCUT2D eigenvalue weighted by molar-refractivity contribution is 6.63. The van der Waals surface area contributed by atoms with Gasteiger partial charge in [0.15, 0.2) is 0 Å². The van der Waals surface area contributed by atoms with E-state index >= 15 is 0 Å². The van der Waals surface area contributed by atoms with Crippen molar-refractivity contribution in [3.8, 4) is 0 Å². The zero-order valence-electron chi connectivity index (χ0n) is 18.2. The molecule has 0 aromatic heterocycles. The van der Waals surface area contributed by atoms with Gasteiger partial charge in [0, 0.05) is 0 Å². The van der Waals surface area contributed by atoms with Gasteiger partial charge in [0.1, 0.15) is 27.1 Å². The minimum absolute atomic E-state index is 0.133. The highest BCUT2D eigenvalue weighted by atomic mass is 28.3. The number of hydrogen-bond acceptors (Lipinski definition) is 4. The van der Waals surface area contributed by atoms with Crippen LogP contribution in [-0.2, 0) is 18.9 Å². The quantitative estimate of drug-likeness (QED) is 0.667. The van der Waals surface area contributed by atoms with Crippen LogP contribution in [0, 0.1) is 0 Å². The van der Waals surface area contributed by atoms with Crippen molar-refractivity contribution in [3.63, 3.8) is 0 Å². The summed E-state index contributed by atoms with van der Waals surface area (Å²) in [5.74, 6) is 0. The second kappa shape index (κ2) is 8.11. The maximum atomic E-state index is 6.38. The lowest BCUT2D eigenvalue weighted by Gasteiger charge is -2.43. The summed E-state index contributed by atoms with van der Waals surface area (Å²) in [5.41, 5.74) is -0.752. The summed E-state index contributed by atoms with van der Waals surface area (Å²) in [6.45, 7) is 23.7. The van der Waals surface area contributed by atoms with Gasteiger partial charge in [-0.2, -0.15) is 0 Å². The Morgan fingerprint density at radius 1 is 0.880 bits per heavy atom. The first-order valence-corrected chi connectivity index (χ1v) is 12.3. The van der Waals surface area contributed by atoms with Crippen molar-refractivity contribution in [1.82, 2.24) is 0 Å². The Kier molecular flexibility index (Phi) is 7.36. The first kappa shape index (κ1) is 22.7. The summed E-state index contributed by atoms with van der Waals surface area (Å²) in [5, 5.41) is 1.09. The van der Waals surface area contributed by atoms with Gasteiger partial charge in [-0.3, -0.25) is 0 Å². The highest BCUT2D eigenvalue weighted by Gasteiger charge is 2.41. The molecule has 148 valence electrons. The van der Waals surface area contributed by atoms with Gasteiger partial charge in [-0.1, -0.05) is 13.1 Å². The first-order chi connectivity index (χ1) is 11.1. The molecular formula is C20H40O4Si. The normalized spacial score (nSPS) is 25.8. The Morgan fingerprint density at radius 3 is 1.80 bits per heavy atom. The topological polar surface area (TPSA) is 36.9 Å². The fourth-order valence-electron chi connectivity index (χ4n) is 2.60. The Hall–Kier alpha value is -0.363. The van der Waals surface area contributed by atoms with E-state index in [-0.39, 0.29) is 35.1 Å².